The number of nitrogens with one attached hydrogen (secondary N) is 2. The summed E-state index contributed by atoms with van der Waals surface area (Å²) in [5, 5.41) is 12.2. The molecule has 0 aliphatic carbocycles. The molecular formula is C57H93N6O13P. The first-order valence-electron chi connectivity index (χ1n) is 28.6. The number of H-pyrrole nitrogens is 1. The number of nitrogens with two attached hydrogens (primary N) is 1. The quantitative estimate of drug-likeness (QED) is 0.0102. The van der Waals surface area contributed by atoms with Crippen LogP contribution in [0, 0.1) is 0 Å². The lowest BCUT2D eigenvalue weighted by Crippen LogP contribution is -2.30. The number of benzene rings is 1. The van der Waals surface area contributed by atoms with E-state index in [9.17, 15) is 29.0 Å². The van der Waals surface area contributed by atoms with Crippen LogP contribution in [0.4, 0.5) is 5.82 Å². The number of amides is 1. The van der Waals surface area contributed by atoms with Crippen molar-refractivity contribution < 1.29 is 56.9 Å². The van der Waals surface area contributed by atoms with Gasteiger partial charge in [0.25, 0.3) is 5.91 Å². The van der Waals surface area contributed by atoms with Crippen LogP contribution in [0.15, 0.2) is 53.4 Å². The van der Waals surface area contributed by atoms with Crippen LogP contribution >= 0.6 is 7.82 Å². The van der Waals surface area contributed by atoms with Crippen LogP contribution in [0.25, 0.3) is 11.2 Å². The Bertz CT molecular complexity index is 2230. The van der Waals surface area contributed by atoms with E-state index in [0.717, 1.165) is 77.0 Å². The van der Waals surface area contributed by atoms with Crippen LogP contribution in [-0.4, -0.2) is 95.4 Å². The lowest BCUT2D eigenvalue weighted by molar-refractivity contribution is -0.173. The number of fused-ring (bicyclic) bond motifs is 1. The van der Waals surface area contributed by atoms with E-state index in [0.29, 0.717) is 25.0 Å². The van der Waals surface area contributed by atoms with Gasteiger partial charge in [-0.15, -0.1) is 4.67 Å². The monoisotopic (exact) mass is 1100 g/mol. The van der Waals surface area contributed by atoms with Gasteiger partial charge in [0.2, 0.25) is 0 Å². The molecule has 1 aromatic carbocycles. The highest BCUT2D eigenvalue weighted by atomic mass is 31.2. The zero-order chi connectivity index (χ0) is 55.6. The van der Waals surface area contributed by atoms with Crippen molar-refractivity contribution >= 4 is 42.7 Å². The third-order valence-corrected chi connectivity index (χ3v) is 14.0. The Hall–Kier alpha value is -4.91. The summed E-state index contributed by atoms with van der Waals surface area (Å²) in [4.78, 5) is 62.6. The first-order chi connectivity index (χ1) is 37.5. The minimum Gasteiger partial charge on any atom is -0.462 e. The second-order valence-corrected chi connectivity index (χ2v) is 21.1. The lowest BCUT2D eigenvalue weighted by Gasteiger charge is -2.20. The number of unbranched alkanes of at least 4 members (excludes halogenated alkanes) is 22. The lowest BCUT2D eigenvalue weighted by atomic mass is 10.1. The van der Waals surface area contributed by atoms with E-state index >= 15 is 0 Å². The summed E-state index contributed by atoms with van der Waals surface area (Å²) in [5.41, 5.74) is 7.04. The summed E-state index contributed by atoms with van der Waals surface area (Å²) < 4.78 is 50.9. The van der Waals surface area contributed by atoms with Gasteiger partial charge in [-0.2, -0.15) is 9.97 Å². The van der Waals surface area contributed by atoms with Crippen molar-refractivity contribution in [1.29, 1.82) is 0 Å². The molecule has 77 heavy (non-hydrogen) atoms. The number of carbonyl (C=O) groups is 3. The second-order valence-electron chi connectivity index (χ2n) is 19.5. The molecule has 1 amide bonds. The predicted molar refractivity (Wildman–Crippen MR) is 301 cm³/mol. The molecule has 2 heterocycles. The molecule has 0 radical (unpaired) electrons. The number of phosphoric ester groups is 1. The number of esters is 2. The Kier molecular flexibility index (Phi) is 36.3. The Balaban J connectivity index is 1.43. The summed E-state index contributed by atoms with van der Waals surface area (Å²) in [6.07, 6.45) is 37.6. The molecule has 0 spiro atoms. The van der Waals surface area contributed by atoms with Crippen LogP contribution < -0.4 is 21.5 Å². The maximum Gasteiger partial charge on any atom is 0.502 e. The third-order valence-electron chi connectivity index (χ3n) is 12.9. The van der Waals surface area contributed by atoms with Gasteiger partial charge in [-0.25, -0.2) is 14.6 Å². The van der Waals surface area contributed by atoms with Gasteiger partial charge in [-0.1, -0.05) is 153 Å². The van der Waals surface area contributed by atoms with Crippen LogP contribution in [0.5, 0.6) is 6.01 Å². The number of nitrogen functional groups attached to an aromatic ring is 1. The maximum absolute atomic E-state index is 13.3. The van der Waals surface area contributed by atoms with E-state index in [1.54, 1.807) is 24.3 Å². The zero-order valence-electron chi connectivity index (χ0n) is 46.7. The Morgan fingerprint density at radius 1 is 0.701 bits per heavy atom. The highest BCUT2D eigenvalue weighted by molar-refractivity contribution is 7.48. The molecule has 5 N–H and O–H groups in total. The van der Waals surface area contributed by atoms with Gasteiger partial charge in [0.15, 0.2) is 17.6 Å². The topological polar surface area (TPSA) is 255 Å². The fourth-order valence-electron chi connectivity index (χ4n) is 8.38. The number of rotatable bonds is 48. The van der Waals surface area contributed by atoms with Crippen molar-refractivity contribution in [3.05, 3.63) is 70.2 Å². The maximum atomic E-state index is 13.3. The molecule has 0 aliphatic heterocycles. The molecule has 2 unspecified atom stereocenters. The number of carbonyl (C=O) groups excluding carboxylic acids is 3. The Labute approximate surface area is 457 Å². The molecule has 434 valence electrons. The number of imidazole rings is 1. The van der Waals surface area contributed by atoms with Gasteiger partial charge in [-0.3, -0.25) is 28.0 Å². The molecule has 3 rings (SSSR count). The summed E-state index contributed by atoms with van der Waals surface area (Å²) in [7, 11) is -3.11. The summed E-state index contributed by atoms with van der Waals surface area (Å²) >= 11 is 0. The summed E-state index contributed by atoms with van der Waals surface area (Å²) in [6, 6.07) is 6.44. The molecule has 20 heteroatoms. The van der Waals surface area contributed by atoms with Gasteiger partial charge in [0, 0.05) is 32.1 Å². The van der Waals surface area contributed by atoms with Crippen LogP contribution in [0.1, 0.15) is 210 Å². The van der Waals surface area contributed by atoms with E-state index in [4.69, 9.17) is 33.7 Å². The van der Waals surface area contributed by atoms with Crippen molar-refractivity contribution in [2.75, 3.05) is 52.4 Å². The Morgan fingerprint density at radius 2 is 1.23 bits per heavy atom. The molecule has 0 bridgehead atoms. The van der Waals surface area contributed by atoms with E-state index in [1.807, 2.05) is 0 Å². The summed E-state index contributed by atoms with van der Waals surface area (Å²) in [5.74, 6) is -1.45. The number of allylic oxidation sites excluding steroid dienone is 4. The zero-order valence-corrected chi connectivity index (χ0v) is 47.6. The normalized spacial score (nSPS) is 12.9. The molecule has 0 aliphatic rings. The molecule has 0 saturated heterocycles. The van der Waals surface area contributed by atoms with E-state index in [-0.39, 0.29) is 67.7 Å². The van der Waals surface area contributed by atoms with Gasteiger partial charge in [0.05, 0.1) is 26.4 Å². The standard InChI is InChI=1S/C57H93N6O13P/c1-4-6-8-10-12-14-16-18-20-22-24-26-28-30-32-34-50(64)72-45-49(75-51(65)35-33-31-29-27-25-23-21-19-17-15-13-11-9-7-5-2)46-74-77(69,76-68)73-41-40-59-55(66)48-38-36-47(37-39-48)44-63-54-52(60-57(63)67)53(58)61-56(62-54)71-43-42-70-3/h18-21,36-39,49,68H,4-17,22-35,40-46H2,1-3H3,(H,59,66)(H,60,67)(H2,58,61,62)/b20-18-,21-19-. The summed E-state index contributed by atoms with van der Waals surface area (Å²) in [6.45, 7) is 3.54. The number of aromatic amines is 1. The number of phosphoric acid groups is 1. The smallest absolute Gasteiger partial charge is 0.462 e. The van der Waals surface area contributed by atoms with Crippen molar-refractivity contribution in [1.82, 2.24) is 24.8 Å². The average molecular weight is 1100 g/mol. The molecule has 0 saturated carbocycles. The van der Waals surface area contributed by atoms with E-state index in [2.05, 4.69) is 63.1 Å². The minimum atomic E-state index is -4.64. The molecule has 3 aromatic rings. The molecular weight excluding hydrogens is 1010 g/mol. The first-order valence-corrected chi connectivity index (χ1v) is 30.1. The number of methoxy groups -OCH3 is 1. The number of anilines is 1. The van der Waals surface area contributed by atoms with Gasteiger partial charge < -0.3 is 35.0 Å². The van der Waals surface area contributed by atoms with Crippen molar-refractivity contribution in [3.8, 4) is 6.01 Å². The van der Waals surface area contributed by atoms with Crippen molar-refractivity contribution in [3.63, 3.8) is 0 Å². The number of nitrogens with zero attached hydrogens (tertiary/aromatic N) is 3. The largest absolute Gasteiger partial charge is 0.502 e. The fourth-order valence-corrected chi connectivity index (χ4v) is 9.22. The highest BCUT2D eigenvalue weighted by Gasteiger charge is 2.30. The fraction of sp³-hybridized carbons (Fsp3) is 0.684. The van der Waals surface area contributed by atoms with Crippen molar-refractivity contribution in [2.24, 2.45) is 0 Å². The van der Waals surface area contributed by atoms with E-state index < -0.39 is 50.7 Å². The number of hydrogen-bond acceptors (Lipinski definition) is 16. The first kappa shape index (κ1) is 66.4. The minimum absolute atomic E-state index is 0.00869. The van der Waals surface area contributed by atoms with Crippen LogP contribution in [0.3, 0.4) is 0 Å². The van der Waals surface area contributed by atoms with Crippen LogP contribution in [0.2, 0.25) is 0 Å². The predicted octanol–water partition coefficient (Wildman–Crippen LogP) is 12.7. The van der Waals surface area contributed by atoms with E-state index in [1.165, 1.54) is 88.7 Å². The van der Waals surface area contributed by atoms with Crippen LogP contribution in [-0.2, 0) is 48.6 Å². The number of hydrogen-bond donors (Lipinski definition) is 4. The molecule has 19 nitrogen and oxygen atoms in total. The molecule has 2 atom stereocenters. The molecule has 2 aromatic heterocycles. The van der Waals surface area contributed by atoms with Crippen molar-refractivity contribution in [2.45, 2.75) is 206 Å². The average Bonchev–Trinajstić information content (AvgIpc) is 3.74. The highest BCUT2D eigenvalue weighted by Crippen LogP contribution is 2.48. The SMILES string of the molecule is CCCCCCCC/C=C\CCCCCCCC(=O)OCC(COP(=O)(OO)OCCNC(=O)c1ccc(Cn2c(=O)[nH]c3c(N)nc(OCCOC)nc32)cc1)OC(=O)CCCCCCC/C=C\CCCCCCCC. The van der Waals surface area contributed by atoms with Gasteiger partial charge >= 0.3 is 31.5 Å². The Morgan fingerprint density at radius 3 is 1.78 bits per heavy atom. The second kappa shape index (κ2) is 42.1. The molecule has 0 fully saturated rings. The number of aromatic nitrogens is 4. The van der Waals surface area contributed by atoms with Gasteiger partial charge in [0.1, 0.15) is 18.7 Å². The number of ether oxygens (including phenoxy) is 4. The van der Waals surface area contributed by atoms with Gasteiger partial charge in [-0.05, 0) is 81.9 Å². The third kappa shape index (κ3) is 30.2.